The van der Waals surface area contributed by atoms with Crippen LogP contribution in [0.2, 0.25) is 0 Å². The molecule has 0 amide bonds. The summed E-state index contributed by atoms with van der Waals surface area (Å²) in [6.45, 7) is 9.54. The lowest BCUT2D eigenvalue weighted by molar-refractivity contribution is -0.138. The van der Waals surface area contributed by atoms with Crippen LogP contribution in [0.15, 0.2) is 95.1 Å². The number of aromatic nitrogens is 2. The van der Waals surface area contributed by atoms with E-state index in [0.717, 1.165) is 38.5 Å². The average molecular weight is 613 g/mol. The van der Waals surface area contributed by atoms with Crippen LogP contribution in [0.5, 0.6) is 0 Å². The van der Waals surface area contributed by atoms with Crippen LogP contribution in [-0.2, 0) is 25.7 Å². The van der Waals surface area contributed by atoms with Crippen molar-refractivity contribution in [2.75, 3.05) is 37.7 Å². The molecule has 0 saturated carbocycles. The summed E-state index contributed by atoms with van der Waals surface area (Å²) >= 11 is 0. The Kier molecular flexibility index (Phi) is 10.4. The topological polar surface area (TPSA) is 70.7 Å². The molecule has 1 saturated heterocycles. The van der Waals surface area contributed by atoms with Gasteiger partial charge in [0.1, 0.15) is 11.5 Å². The van der Waals surface area contributed by atoms with Crippen molar-refractivity contribution < 1.29 is 22.7 Å². The van der Waals surface area contributed by atoms with Gasteiger partial charge < -0.3 is 10.0 Å². The Morgan fingerprint density at radius 2 is 1.77 bits per heavy atom. The van der Waals surface area contributed by atoms with Crippen LogP contribution in [0.25, 0.3) is 0 Å². The van der Waals surface area contributed by atoms with Gasteiger partial charge in [-0.15, -0.1) is 0 Å². The second kappa shape index (κ2) is 14.0. The highest BCUT2D eigenvalue weighted by Crippen LogP contribution is 2.33. The number of halogens is 4. The summed E-state index contributed by atoms with van der Waals surface area (Å²) in [5, 5.41) is 10.3. The fourth-order valence-corrected chi connectivity index (χ4v) is 5.61. The maximum absolute atomic E-state index is 14.9. The molecule has 1 aromatic heterocycles. The summed E-state index contributed by atoms with van der Waals surface area (Å²) in [5.74, 6) is -1.10. The van der Waals surface area contributed by atoms with E-state index in [4.69, 9.17) is 0 Å². The molecule has 1 aliphatic heterocycles. The van der Waals surface area contributed by atoms with Gasteiger partial charge in [-0.05, 0) is 36.6 Å². The number of aryl methyl sites for hydroxylation is 1. The predicted molar refractivity (Wildman–Crippen MR) is 163 cm³/mol. The van der Waals surface area contributed by atoms with E-state index in [2.05, 4.69) is 13.2 Å². The summed E-state index contributed by atoms with van der Waals surface area (Å²) in [4.78, 5) is 31.5. The number of alkyl halides is 3. The van der Waals surface area contributed by atoms with Crippen molar-refractivity contribution in [3.8, 4) is 0 Å². The molecule has 0 bridgehead atoms. The number of hydrogen-bond donors (Lipinski definition) is 1. The second-order valence-electron chi connectivity index (χ2n) is 10.7. The summed E-state index contributed by atoms with van der Waals surface area (Å²) < 4.78 is 58.6. The molecule has 11 heteroatoms. The number of allylic oxidation sites excluding steroid dienone is 2. The van der Waals surface area contributed by atoms with Crippen LogP contribution >= 0.6 is 0 Å². The van der Waals surface area contributed by atoms with Gasteiger partial charge in [0, 0.05) is 44.0 Å². The number of rotatable bonds is 11. The Balaban J connectivity index is 1.81. The lowest BCUT2D eigenvalue weighted by Crippen LogP contribution is -2.57. The van der Waals surface area contributed by atoms with E-state index in [1.54, 1.807) is 17.1 Å². The Morgan fingerprint density at radius 3 is 2.41 bits per heavy atom. The van der Waals surface area contributed by atoms with E-state index in [-0.39, 0.29) is 31.1 Å². The number of benzene rings is 2. The zero-order chi connectivity index (χ0) is 32.0. The first kappa shape index (κ1) is 32.7. The molecule has 1 N–H and O–H groups in total. The number of hydrogen-bond acceptors (Lipinski definition) is 5. The lowest BCUT2D eigenvalue weighted by Gasteiger charge is -2.42. The summed E-state index contributed by atoms with van der Waals surface area (Å²) in [5.41, 5.74) is -1.29. The van der Waals surface area contributed by atoms with Crippen LogP contribution < -0.4 is 16.1 Å². The predicted octanol–water partition coefficient (Wildman–Crippen LogP) is 4.55. The maximum atomic E-state index is 14.9. The molecular formula is C33H36F4N4O3. The van der Waals surface area contributed by atoms with E-state index in [1.807, 2.05) is 41.3 Å². The highest BCUT2D eigenvalue weighted by Gasteiger charge is 2.35. The molecule has 3 aromatic rings. The molecule has 44 heavy (non-hydrogen) atoms. The number of anilines is 1. The largest absolute Gasteiger partial charge is 0.416 e. The molecule has 2 aromatic carbocycles. The Hall–Kier alpha value is -4.22. The van der Waals surface area contributed by atoms with Gasteiger partial charge in [-0.25, -0.2) is 9.18 Å². The summed E-state index contributed by atoms with van der Waals surface area (Å²) in [7, 11) is 0. The lowest BCUT2D eigenvalue weighted by atomic mass is 10.1. The third kappa shape index (κ3) is 7.11. The van der Waals surface area contributed by atoms with Crippen LogP contribution in [0.1, 0.15) is 22.4 Å². The molecule has 7 nitrogen and oxygen atoms in total. The molecule has 2 heterocycles. The standard InChI is InChI=1S/C33H36F4N4O3/c1-4-10-24(5-2)19-38-17-18-39(20-26(38)22-42)30-23(3)41(21-27-28(33(35,36)37)13-9-14-29(27)34)32(44)40(31(30)43)16-15-25-11-7-6-8-12-25/h4-14,26,42H,1-2,15-22H2,3H3/b24-10+. The second-order valence-corrected chi connectivity index (χ2v) is 10.7. The van der Waals surface area contributed by atoms with E-state index in [1.165, 1.54) is 6.92 Å². The van der Waals surface area contributed by atoms with Crippen molar-refractivity contribution >= 4 is 5.69 Å². The Labute approximate surface area is 253 Å². The van der Waals surface area contributed by atoms with E-state index < -0.39 is 47.0 Å². The van der Waals surface area contributed by atoms with Crippen molar-refractivity contribution in [3.05, 3.63) is 135 Å². The molecule has 0 spiro atoms. The zero-order valence-electron chi connectivity index (χ0n) is 24.6. The van der Waals surface area contributed by atoms with Crippen LogP contribution in [0, 0.1) is 12.7 Å². The SMILES string of the molecule is C=C/C=C(\C=C)CN1CCN(c2c(C)n(Cc3c(F)cccc3C(F)(F)F)c(=O)n(CCc3ccccc3)c2=O)CC1CO. The highest BCUT2D eigenvalue weighted by molar-refractivity contribution is 5.50. The van der Waals surface area contributed by atoms with Gasteiger partial charge in [-0.3, -0.25) is 18.8 Å². The fraction of sp³-hybridized carbons (Fsp3) is 0.333. The number of aliphatic hydroxyl groups is 1. The van der Waals surface area contributed by atoms with Crippen molar-refractivity contribution in [2.45, 2.75) is 38.7 Å². The monoisotopic (exact) mass is 612 g/mol. The van der Waals surface area contributed by atoms with Gasteiger partial charge in [0.15, 0.2) is 0 Å². The number of aliphatic hydroxyl groups excluding tert-OH is 1. The molecule has 0 radical (unpaired) electrons. The van der Waals surface area contributed by atoms with Gasteiger partial charge in [-0.1, -0.05) is 67.8 Å². The normalized spacial score (nSPS) is 16.3. The molecule has 234 valence electrons. The molecule has 4 rings (SSSR count). The number of piperazine rings is 1. The van der Waals surface area contributed by atoms with Crippen molar-refractivity contribution in [1.29, 1.82) is 0 Å². The van der Waals surface area contributed by atoms with Gasteiger partial charge in [0.2, 0.25) is 0 Å². The zero-order valence-corrected chi connectivity index (χ0v) is 24.6. The van der Waals surface area contributed by atoms with Gasteiger partial charge in [-0.2, -0.15) is 13.2 Å². The first-order valence-corrected chi connectivity index (χ1v) is 14.3. The minimum atomic E-state index is -4.85. The van der Waals surface area contributed by atoms with Crippen LogP contribution in [0.3, 0.4) is 0 Å². The third-order valence-electron chi connectivity index (χ3n) is 7.98. The molecule has 1 aliphatic rings. The van der Waals surface area contributed by atoms with Crippen LogP contribution in [0.4, 0.5) is 23.2 Å². The van der Waals surface area contributed by atoms with E-state index in [9.17, 15) is 32.3 Å². The highest BCUT2D eigenvalue weighted by atomic mass is 19.4. The molecule has 1 fully saturated rings. The fourth-order valence-electron chi connectivity index (χ4n) is 5.61. The molecule has 1 unspecified atom stereocenters. The van der Waals surface area contributed by atoms with Crippen molar-refractivity contribution in [2.24, 2.45) is 0 Å². The Bertz CT molecular complexity index is 1640. The van der Waals surface area contributed by atoms with Gasteiger partial charge in [0.25, 0.3) is 5.56 Å². The third-order valence-corrected chi connectivity index (χ3v) is 7.98. The van der Waals surface area contributed by atoms with Crippen molar-refractivity contribution in [1.82, 2.24) is 14.0 Å². The van der Waals surface area contributed by atoms with Crippen LogP contribution in [-0.4, -0.2) is 58.0 Å². The summed E-state index contributed by atoms with van der Waals surface area (Å²) in [6.07, 6.45) is 0.627. The van der Waals surface area contributed by atoms with E-state index in [0.29, 0.717) is 26.1 Å². The quantitative estimate of drug-likeness (QED) is 0.254. The van der Waals surface area contributed by atoms with E-state index >= 15 is 0 Å². The maximum Gasteiger partial charge on any atom is 0.416 e. The minimum absolute atomic E-state index is 0.0310. The number of nitrogens with zero attached hydrogens (tertiary/aromatic N) is 4. The minimum Gasteiger partial charge on any atom is -0.395 e. The smallest absolute Gasteiger partial charge is 0.395 e. The van der Waals surface area contributed by atoms with Gasteiger partial charge in [0.05, 0.1) is 24.8 Å². The summed E-state index contributed by atoms with van der Waals surface area (Å²) in [6, 6.07) is 11.4. The average Bonchev–Trinajstić information content (AvgIpc) is 3.00. The molecule has 1 atom stereocenters. The van der Waals surface area contributed by atoms with Crippen molar-refractivity contribution in [3.63, 3.8) is 0 Å². The van der Waals surface area contributed by atoms with Gasteiger partial charge >= 0.3 is 11.9 Å². The Morgan fingerprint density at radius 1 is 1.05 bits per heavy atom. The first-order valence-electron chi connectivity index (χ1n) is 14.3. The first-order chi connectivity index (χ1) is 21.0. The molecule has 0 aliphatic carbocycles. The molecular weight excluding hydrogens is 576 g/mol.